The molecule has 14 heteroatoms. The molecule has 0 aliphatic heterocycles. The second-order valence-corrected chi connectivity index (χ2v) is 7.68. The van der Waals surface area contributed by atoms with E-state index in [0.29, 0.717) is 0 Å². The van der Waals surface area contributed by atoms with Gasteiger partial charge >= 0.3 is 11.9 Å². The van der Waals surface area contributed by atoms with Gasteiger partial charge in [0.1, 0.15) is 23.6 Å². The van der Waals surface area contributed by atoms with E-state index in [-0.39, 0.29) is 17.2 Å². The number of rotatable bonds is 8. The molecule has 2 aromatic heterocycles. The van der Waals surface area contributed by atoms with Gasteiger partial charge in [-0.3, -0.25) is 14.4 Å². The van der Waals surface area contributed by atoms with E-state index >= 15 is 0 Å². The molecule has 34 heavy (non-hydrogen) atoms. The van der Waals surface area contributed by atoms with Crippen LogP contribution in [0.5, 0.6) is 23.0 Å². The van der Waals surface area contributed by atoms with Gasteiger partial charge in [0.15, 0.2) is 22.9 Å². The number of carboxylic acid groups (broad SMARTS) is 1. The van der Waals surface area contributed by atoms with Crippen molar-refractivity contribution in [3.63, 3.8) is 0 Å². The van der Waals surface area contributed by atoms with Gasteiger partial charge in [-0.05, 0) is 20.8 Å². The highest BCUT2D eigenvalue weighted by atomic mass is 16.6. The number of carbonyl (C=O) groups excluding carboxylic acids is 3. The number of hydrogen-bond donors (Lipinski definition) is 6. The molecule has 0 spiro atoms. The predicted molar refractivity (Wildman–Crippen MR) is 111 cm³/mol. The highest BCUT2D eigenvalue weighted by molar-refractivity contribution is 5.98. The van der Waals surface area contributed by atoms with Gasteiger partial charge in [-0.15, -0.1) is 0 Å². The van der Waals surface area contributed by atoms with E-state index in [1.807, 2.05) is 5.32 Å². The minimum atomic E-state index is -2.18. The van der Waals surface area contributed by atoms with E-state index in [9.17, 15) is 39.6 Å². The largest absolute Gasteiger partial charge is 0.506 e. The van der Waals surface area contributed by atoms with Crippen LogP contribution in [0.1, 0.15) is 41.7 Å². The lowest BCUT2D eigenvalue weighted by Gasteiger charge is -2.22. The molecule has 0 saturated heterocycles. The standard InChI is InChI=1S/C20H22N4O10/c1-20(2,3)34-12-5-10(26)7-22-15(12)16(29)23-8-13(28)33-18(19(31)32)24-17(30)14-11(27)4-9(25)6-21-14/h4-7,18,25-27H,8H2,1-3H3,(H,23,29)(H,24,30)(H,31,32). The van der Waals surface area contributed by atoms with Gasteiger partial charge < -0.3 is 40.5 Å². The van der Waals surface area contributed by atoms with E-state index in [0.717, 1.165) is 24.5 Å². The highest BCUT2D eigenvalue weighted by Crippen LogP contribution is 2.25. The van der Waals surface area contributed by atoms with Crippen molar-refractivity contribution in [2.75, 3.05) is 6.54 Å². The number of pyridine rings is 2. The van der Waals surface area contributed by atoms with Crippen molar-refractivity contribution in [3.05, 3.63) is 35.9 Å². The second-order valence-electron chi connectivity index (χ2n) is 7.68. The van der Waals surface area contributed by atoms with Crippen molar-refractivity contribution in [2.45, 2.75) is 32.6 Å². The number of nitrogens with zero attached hydrogens (tertiary/aromatic N) is 2. The highest BCUT2D eigenvalue weighted by Gasteiger charge is 2.27. The maximum absolute atomic E-state index is 12.4. The third kappa shape index (κ3) is 7.22. The molecule has 0 fully saturated rings. The zero-order valence-corrected chi connectivity index (χ0v) is 18.2. The molecule has 2 rings (SSSR count). The summed E-state index contributed by atoms with van der Waals surface area (Å²) in [5.74, 6) is -6.59. The minimum Gasteiger partial charge on any atom is -0.506 e. The predicted octanol–water partition coefficient (Wildman–Crippen LogP) is -0.116. The Morgan fingerprint density at radius 1 is 0.971 bits per heavy atom. The summed E-state index contributed by atoms with van der Waals surface area (Å²) < 4.78 is 10.2. The number of hydrogen-bond acceptors (Lipinski definition) is 11. The summed E-state index contributed by atoms with van der Waals surface area (Å²) in [6, 6.07) is 1.96. The van der Waals surface area contributed by atoms with Crippen molar-refractivity contribution in [1.29, 1.82) is 0 Å². The summed E-state index contributed by atoms with van der Waals surface area (Å²) in [5, 5.41) is 41.6. The minimum absolute atomic E-state index is 0.0600. The summed E-state index contributed by atoms with van der Waals surface area (Å²) in [5.41, 5.74) is -1.62. The Kier molecular flexibility index (Phi) is 7.79. The van der Waals surface area contributed by atoms with Crippen LogP contribution >= 0.6 is 0 Å². The quantitative estimate of drug-likeness (QED) is 0.216. The fraction of sp³-hybridized carbons (Fsp3) is 0.300. The number of aromatic nitrogens is 2. The first-order chi connectivity index (χ1) is 15.8. The number of ether oxygens (including phenoxy) is 2. The molecular formula is C20H22N4O10. The van der Waals surface area contributed by atoms with E-state index in [4.69, 9.17) is 4.74 Å². The molecule has 0 radical (unpaired) electrons. The van der Waals surface area contributed by atoms with Crippen LogP contribution in [0.4, 0.5) is 0 Å². The van der Waals surface area contributed by atoms with Crippen LogP contribution in [0.15, 0.2) is 24.5 Å². The third-order valence-corrected chi connectivity index (χ3v) is 3.67. The van der Waals surface area contributed by atoms with Crippen molar-refractivity contribution >= 4 is 23.8 Å². The lowest BCUT2D eigenvalue weighted by molar-refractivity contribution is -0.164. The van der Waals surface area contributed by atoms with E-state index in [2.05, 4.69) is 20.0 Å². The van der Waals surface area contributed by atoms with E-state index in [1.54, 1.807) is 20.8 Å². The molecule has 2 heterocycles. The molecule has 2 amide bonds. The number of nitrogens with one attached hydrogen (secondary N) is 2. The number of esters is 1. The smallest absolute Gasteiger partial charge is 0.366 e. The number of amides is 2. The van der Waals surface area contributed by atoms with Crippen LogP contribution < -0.4 is 15.4 Å². The van der Waals surface area contributed by atoms with Gasteiger partial charge in [0, 0.05) is 12.1 Å². The SMILES string of the molecule is CC(C)(C)Oc1cc(O)cnc1C(=O)NCC(=O)OC(NC(=O)c1ncc(O)cc1O)C(=O)O. The van der Waals surface area contributed by atoms with Crippen LogP contribution in [-0.2, 0) is 14.3 Å². The monoisotopic (exact) mass is 478 g/mol. The Hall–Kier alpha value is -4.62. The Balaban J connectivity index is 2.03. The molecule has 0 bridgehead atoms. The maximum atomic E-state index is 12.4. The average Bonchev–Trinajstić information content (AvgIpc) is 2.70. The van der Waals surface area contributed by atoms with Crippen molar-refractivity contribution in [1.82, 2.24) is 20.6 Å². The molecule has 0 aromatic carbocycles. The summed E-state index contributed by atoms with van der Waals surface area (Å²) in [6.07, 6.45) is -0.356. The normalized spacial score (nSPS) is 11.7. The Labute approximate surface area is 192 Å². The molecule has 14 nitrogen and oxygen atoms in total. The Bertz CT molecular complexity index is 1110. The fourth-order valence-electron chi connectivity index (χ4n) is 2.37. The van der Waals surface area contributed by atoms with Crippen molar-refractivity contribution in [3.8, 4) is 23.0 Å². The Morgan fingerprint density at radius 2 is 1.56 bits per heavy atom. The zero-order valence-electron chi connectivity index (χ0n) is 18.2. The lowest BCUT2D eigenvalue weighted by atomic mass is 10.2. The molecule has 1 atom stereocenters. The Morgan fingerprint density at radius 3 is 2.12 bits per heavy atom. The van der Waals surface area contributed by atoms with E-state index in [1.165, 1.54) is 0 Å². The van der Waals surface area contributed by atoms with Gasteiger partial charge in [-0.2, -0.15) is 0 Å². The first-order valence-electron chi connectivity index (χ1n) is 9.54. The topological polar surface area (TPSA) is 217 Å². The third-order valence-electron chi connectivity index (χ3n) is 3.67. The van der Waals surface area contributed by atoms with Crippen LogP contribution in [0.25, 0.3) is 0 Å². The molecule has 1 unspecified atom stereocenters. The summed E-state index contributed by atoms with van der Waals surface area (Å²) in [4.78, 5) is 55.2. The van der Waals surface area contributed by atoms with Crippen LogP contribution in [0.3, 0.4) is 0 Å². The van der Waals surface area contributed by atoms with Crippen molar-refractivity contribution in [2.24, 2.45) is 0 Å². The van der Waals surface area contributed by atoms with Crippen LogP contribution in [0.2, 0.25) is 0 Å². The van der Waals surface area contributed by atoms with Gasteiger partial charge in [0.25, 0.3) is 18.0 Å². The van der Waals surface area contributed by atoms with Gasteiger partial charge in [-0.25, -0.2) is 14.8 Å². The molecule has 2 aromatic rings. The van der Waals surface area contributed by atoms with Gasteiger partial charge in [-0.1, -0.05) is 0 Å². The van der Waals surface area contributed by atoms with Crippen LogP contribution in [-0.4, -0.2) is 72.5 Å². The maximum Gasteiger partial charge on any atom is 0.366 e. The number of carboxylic acids is 1. The molecule has 0 aliphatic carbocycles. The summed E-state index contributed by atoms with van der Waals surface area (Å²) in [7, 11) is 0. The fourth-order valence-corrected chi connectivity index (χ4v) is 2.37. The van der Waals surface area contributed by atoms with Crippen LogP contribution in [0, 0.1) is 0 Å². The second kappa shape index (κ2) is 10.3. The molecule has 6 N–H and O–H groups in total. The van der Waals surface area contributed by atoms with Gasteiger partial charge in [0.2, 0.25) is 0 Å². The summed E-state index contributed by atoms with van der Waals surface area (Å²) in [6.45, 7) is 4.29. The lowest BCUT2D eigenvalue weighted by Crippen LogP contribution is -2.46. The van der Waals surface area contributed by atoms with Crippen molar-refractivity contribution < 1.29 is 49.1 Å². The molecule has 0 saturated carbocycles. The molecule has 0 aliphatic rings. The summed E-state index contributed by atoms with van der Waals surface area (Å²) >= 11 is 0. The average molecular weight is 478 g/mol. The number of aliphatic carboxylic acids is 1. The number of aromatic hydroxyl groups is 3. The molecule has 182 valence electrons. The van der Waals surface area contributed by atoms with Gasteiger partial charge in [0.05, 0.1) is 12.4 Å². The first-order valence-corrected chi connectivity index (χ1v) is 9.54. The molecular weight excluding hydrogens is 456 g/mol. The zero-order chi connectivity index (χ0) is 25.6. The van der Waals surface area contributed by atoms with E-state index < -0.39 is 59.3 Å². The number of carbonyl (C=O) groups is 4. The first kappa shape index (κ1) is 25.6.